The molecule has 1 aliphatic carbocycles. The van der Waals surface area contributed by atoms with Gasteiger partial charge in [0.15, 0.2) is 0 Å². The van der Waals surface area contributed by atoms with E-state index in [4.69, 9.17) is 17.3 Å². The molecule has 0 radical (unpaired) electrons. The Balaban J connectivity index is 1.89. The summed E-state index contributed by atoms with van der Waals surface area (Å²) in [6.45, 7) is 1.14. The molecule has 1 amide bonds. The van der Waals surface area contributed by atoms with E-state index < -0.39 is 11.5 Å². The van der Waals surface area contributed by atoms with Crippen molar-refractivity contribution in [3.63, 3.8) is 0 Å². The normalized spacial score (nSPS) is 18.2. The van der Waals surface area contributed by atoms with Crippen molar-refractivity contribution in [1.29, 1.82) is 0 Å². The van der Waals surface area contributed by atoms with Crippen LogP contribution in [0, 0.1) is 0 Å². The van der Waals surface area contributed by atoms with E-state index in [2.05, 4.69) is 5.32 Å². The van der Waals surface area contributed by atoms with Gasteiger partial charge >= 0.3 is 0 Å². The lowest BCUT2D eigenvalue weighted by atomic mass is 9.94. The molecule has 0 unspecified atom stereocenters. The second-order valence-electron chi connectivity index (χ2n) is 5.91. The molecule has 0 spiro atoms. The number of hydrogen-bond acceptors (Lipinski definition) is 3. The second kappa shape index (κ2) is 7.25. The molecule has 4 nitrogen and oxygen atoms in total. The van der Waals surface area contributed by atoms with Gasteiger partial charge in [0.05, 0.1) is 5.60 Å². The molecule has 1 aliphatic rings. The number of carbonyl (C=O) groups excluding carboxylic acids is 1. The molecule has 1 aromatic carbocycles. The van der Waals surface area contributed by atoms with Crippen molar-refractivity contribution >= 4 is 17.5 Å². The molecular weight excluding hydrogens is 288 g/mol. The Labute approximate surface area is 130 Å². The Hall–Kier alpha value is -1.10. The second-order valence-corrected chi connectivity index (χ2v) is 6.32. The number of nitrogens with two attached hydrogens (primary N) is 1. The molecule has 0 aromatic heterocycles. The van der Waals surface area contributed by atoms with Crippen LogP contribution >= 0.6 is 11.6 Å². The van der Waals surface area contributed by atoms with Gasteiger partial charge in [-0.2, -0.15) is 0 Å². The zero-order valence-corrected chi connectivity index (χ0v) is 13.0. The van der Waals surface area contributed by atoms with Crippen LogP contribution in [0.2, 0.25) is 5.02 Å². The molecule has 0 bridgehead atoms. The Morgan fingerprint density at radius 1 is 1.29 bits per heavy atom. The van der Waals surface area contributed by atoms with Crippen molar-refractivity contribution in [1.82, 2.24) is 5.32 Å². The molecule has 0 aliphatic heterocycles. The zero-order valence-electron chi connectivity index (χ0n) is 12.2. The van der Waals surface area contributed by atoms with Gasteiger partial charge in [0.1, 0.15) is 0 Å². The number of halogens is 1. The number of amides is 1. The van der Waals surface area contributed by atoms with Crippen LogP contribution < -0.4 is 11.1 Å². The van der Waals surface area contributed by atoms with E-state index in [1.54, 1.807) is 18.2 Å². The summed E-state index contributed by atoms with van der Waals surface area (Å²) in [6.07, 6.45) is 6.31. The lowest BCUT2D eigenvalue weighted by Crippen LogP contribution is -2.39. The Kier molecular flexibility index (Phi) is 5.62. The molecular formula is C16H23ClN2O2. The lowest BCUT2D eigenvalue weighted by Gasteiger charge is -2.27. The first-order valence-corrected chi connectivity index (χ1v) is 7.89. The number of aliphatic hydroxyl groups is 1. The third-order valence-electron chi connectivity index (χ3n) is 4.14. The largest absolute Gasteiger partial charge is 0.389 e. The number of hydrogen-bond donors (Lipinski definition) is 3. The van der Waals surface area contributed by atoms with Crippen molar-refractivity contribution < 1.29 is 9.90 Å². The molecule has 4 N–H and O–H groups in total. The number of primary amides is 1. The summed E-state index contributed by atoms with van der Waals surface area (Å²) >= 11 is 6.15. The fourth-order valence-corrected chi connectivity index (χ4v) is 3.08. The number of carbonyl (C=O) groups is 1. The quantitative estimate of drug-likeness (QED) is 0.732. The minimum Gasteiger partial charge on any atom is -0.389 e. The molecule has 0 atom stereocenters. The maximum atomic E-state index is 11.1. The van der Waals surface area contributed by atoms with E-state index in [1.807, 2.05) is 0 Å². The molecule has 0 heterocycles. The zero-order chi connectivity index (χ0) is 15.3. The Morgan fingerprint density at radius 2 is 1.95 bits per heavy atom. The predicted octanol–water partition coefficient (Wildman–Crippen LogP) is 2.61. The van der Waals surface area contributed by atoms with E-state index in [1.165, 1.54) is 12.8 Å². The topological polar surface area (TPSA) is 75.4 Å². The highest BCUT2D eigenvalue weighted by molar-refractivity contribution is 6.31. The lowest BCUT2D eigenvalue weighted by molar-refractivity contribution is 0.0250. The van der Waals surface area contributed by atoms with Crippen LogP contribution in [0.3, 0.4) is 0 Å². The van der Waals surface area contributed by atoms with E-state index in [0.717, 1.165) is 31.2 Å². The summed E-state index contributed by atoms with van der Waals surface area (Å²) in [4.78, 5) is 11.1. The van der Waals surface area contributed by atoms with Crippen LogP contribution in [-0.2, 0) is 6.54 Å². The summed E-state index contributed by atoms with van der Waals surface area (Å²) < 4.78 is 0. The average Bonchev–Trinajstić information content (AvgIpc) is 2.65. The van der Waals surface area contributed by atoms with Crippen molar-refractivity contribution in [3.05, 3.63) is 34.3 Å². The highest BCUT2D eigenvalue weighted by atomic mass is 35.5. The van der Waals surface area contributed by atoms with Gasteiger partial charge in [-0.3, -0.25) is 4.79 Å². The van der Waals surface area contributed by atoms with E-state index >= 15 is 0 Å². The molecule has 0 saturated heterocycles. The van der Waals surface area contributed by atoms with Gasteiger partial charge in [-0.25, -0.2) is 0 Å². The van der Waals surface area contributed by atoms with Gasteiger partial charge in [0.2, 0.25) is 5.91 Å². The molecule has 116 valence electrons. The van der Waals surface area contributed by atoms with Crippen LogP contribution in [0.25, 0.3) is 0 Å². The van der Waals surface area contributed by atoms with Gasteiger partial charge in [0.25, 0.3) is 0 Å². The van der Waals surface area contributed by atoms with Crippen LogP contribution in [0.4, 0.5) is 0 Å². The summed E-state index contributed by atoms with van der Waals surface area (Å²) in [5, 5.41) is 14.4. The summed E-state index contributed by atoms with van der Waals surface area (Å²) in [6, 6.07) is 5.05. The number of rotatable bonds is 5. The van der Waals surface area contributed by atoms with Crippen LogP contribution in [0.5, 0.6) is 0 Å². The fourth-order valence-electron chi connectivity index (χ4n) is 2.84. The van der Waals surface area contributed by atoms with Gasteiger partial charge in [-0.05, 0) is 30.5 Å². The molecule has 21 heavy (non-hydrogen) atoms. The van der Waals surface area contributed by atoms with Crippen molar-refractivity contribution in [2.75, 3.05) is 6.54 Å². The van der Waals surface area contributed by atoms with E-state index in [0.29, 0.717) is 23.7 Å². The Bertz CT molecular complexity index is 497. The van der Waals surface area contributed by atoms with Crippen molar-refractivity contribution in [2.45, 2.75) is 50.7 Å². The first kappa shape index (κ1) is 16.3. The molecule has 1 aromatic rings. The number of nitrogens with one attached hydrogen (secondary N) is 1. The smallest absolute Gasteiger partial charge is 0.248 e. The SMILES string of the molecule is NC(=O)c1ccc(CNCC2(O)CCCCCC2)c(Cl)c1. The predicted molar refractivity (Wildman–Crippen MR) is 84.3 cm³/mol. The molecule has 1 fully saturated rings. The third kappa shape index (κ3) is 4.70. The van der Waals surface area contributed by atoms with Gasteiger partial charge in [-0.15, -0.1) is 0 Å². The minimum atomic E-state index is -0.601. The van der Waals surface area contributed by atoms with Crippen LogP contribution in [-0.4, -0.2) is 23.2 Å². The summed E-state index contributed by atoms with van der Waals surface area (Å²) in [5.41, 5.74) is 5.93. The third-order valence-corrected chi connectivity index (χ3v) is 4.49. The first-order chi connectivity index (χ1) is 10.0. The minimum absolute atomic E-state index is 0.408. The summed E-state index contributed by atoms with van der Waals surface area (Å²) in [5.74, 6) is -0.482. The van der Waals surface area contributed by atoms with Gasteiger partial charge < -0.3 is 16.2 Å². The van der Waals surface area contributed by atoms with Gasteiger partial charge in [0, 0.05) is 23.7 Å². The average molecular weight is 311 g/mol. The van der Waals surface area contributed by atoms with E-state index in [9.17, 15) is 9.90 Å². The molecule has 2 rings (SSSR count). The monoisotopic (exact) mass is 310 g/mol. The highest BCUT2D eigenvalue weighted by Gasteiger charge is 2.27. The maximum Gasteiger partial charge on any atom is 0.248 e. The van der Waals surface area contributed by atoms with Gasteiger partial charge in [-0.1, -0.05) is 43.4 Å². The molecule has 5 heteroatoms. The Morgan fingerprint density at radius 3 is 2.52 bits per heavy atom. The molecule has 1 saturated carbocycles. The van der Waals surface area contributed by atoms with E-state index in [-0.39, 0.29) is 0 Å². The number of benzene rings is 1. The fraction of sp³-hybridized carbons (Fsp3) is 0.562. The highest BCUT2D eigenvalue weighted by Crippen LogP contribution is 2.26. The standard InChI is InChI=1S/C16H23ClN2O2/c17-14-9-12(15(18)20)5-6-13(14)10-19-11-16(21)7-3-1-2-4-8-16/h5-6,9,19,21H,1-4,7-8,10-11H2,(H2,18,20). The summed E-state index contributed by atoms with van der Waals surface area (Å²) in [7, 11) is 0. The first-order valence-electron chi connectivity index (χ1n) is 7.51. The van der Waals surface area contributed by atoms with Crippen molar-refractivity contribution in [2.24, 2.45) is 5.73 Å². The maximum absolute atomic E-state index is 11.1. The van der Waals surface area contributed by atoms with Crippen LogP contribution in [0.1, 0.15) is 54.4 Å². The van der Waals surface area contributed by atoms with Crippen molar-refractivity contribution in [3.8, 4) is 0 Å². The van der Waals surface area contributed by atoms with Crippen LogP contribution in [0.15, 0.2) is 18.2 Å².